The van der Waals surface area contributed by atoms with Crippen LogP contribution in [0.2, 0.25) is 0 Å². The molecule has 1 unspecified atom stereocenters. The van der Waals surface area contributed by atoms with Gasteiger partial charge in [0.2, 0.25) is 0 Å². The third-order valence-electron chi connectivity index (χ3n) is 2.98. The fourth-order valence-electron chi connectivity index (χ4n) is 1.99. The monoisotopic (exact) mass is 304 g/mol. The van der Waals surface area contributed by atoms with Gasteiger partial charge in [0, 0.05) is 5.56 Å². The van der Waals surface area contributed by atoms with Crippen LogP contribution in [-0.4, -0.2) is 12.3 Å². The highest BCUT2D eigenvalue weighted by Gasteiger charge is 2.58. The number of halogens is 6. The molecule has 6 heteroatoms. The summed E-state index contributed by atoms with van der Waals surface area (Å²) in [5.74, 6) is -4.66. The highest BCUT2D eigenvalue weighted by Crippen LogP contribution is 2.45. The Bertz CT molecular complexity index is 603. The van der Waals surface area contributed by atoms with Gasteiger partial charge in [-0.1, -0.05) is 54.6 Å². The zero-order chi connectivity index (χ0) is 15.7. The minimum absolute atomic E-state index is 0.130. The molecule has 2 rings (SSSR count). The fraction of sp³-hybridized carbons (Fsp3) is 0.200. The Balaban J connectivity index is 2.55. The predicted molar refractivity (Wildman–Crippen MR) is 66.7 cm³/mol. The summed E-state index contributed by atoms with van der Waals surface area (Å²) in [6, 6.07) is 12.3. The Kier molecular flexibility index (Phi) is 3.98. The highest BCUT2D eigenvalue weighted by molar-refractivity contribution is 5.68. The molecule has 2 aromatic carbocycles. The second-order valence-corrected chi connectivity index (χ2v) is 4.44. The molecule has 0 amide bonds. The normalized spacial score (nSPS) is 14.0. The summed E-state index contributed by atoms with van der Waals surface area (Å²) in [6.45, 7) is 0. The number of alkyl halides is 6. The molecule has 0 nitrogen and oxygen atoms in total. The van der Waals surface area contributed by atoms with Crippen LogP contribution in [-0.2, 0) is 5.92 Å². The molecule has 0 aromatic heterocycles. The number of rotatable bonds is 3. The van der Waals surface area contributed by atoms with Gasteiger partial charge in [-0.25, -0.2) is 4.39 Å². The van der Waals surface area contributed by atoms with Crippen molar-refractivity contribution in [2.75, 3.05) is 0 Å². The van der Waals surface area contributed by atoms with Crippen molar-refractivity contribution >= 4 is 0 Å². The second kappa shape index (κ2) is 5.42. The van der Waals surface area contributed by atoms with Gasteiger partial charge >= 0.3 is 12.1 Å². The average molecular weight is 304 g/mol. The highest BCUT2D eigenvalue weighted by atomic mass is 19.4. The van der Waals surface area contributed by atoms with Gasteiger partial charge < -0.3 is 0 Å². The topological polar surface area (TPSA) is 0 Å². The Hall–Kier alpha value is -1.98. The van der Waals surface area contributed by atoms with Crippen molar-refractivity contribution in [3.8, 4) is 11.1 Å². The molecule has 112 valence electrons. The minimum Gasteiger partial charge on any atom is -0.230 e. The first kappa shape index (κ1) is 15.4. The van der Waals surface area contributed by atoms with Crippen LogP contribution in [0.15, 0.2) is 54.6 Å². The third kappa shape index (κ3) is 3.04. The van der Waals surface area contributed by atoms with Crippen LogP contribution in [0.3, 0.4) is 0 Å². The molecule has 0 fully saturated rings. The molecule has 0 bridgehead atoms. The standard InChI is InChI=1S/C15H10F6/c16-13(15(19,20)21)14(17,18)12-9-5-4-8-11(12)10-6-2-1-3-7-10/h1-9,13H. The first-order valence-electron chi connectivity index (χ1n) is 5.98. The lowest BCUT2D eigenvalue weighted by Gasteiger charge is -2.25. The largest absolute Gasteiger partial charge is 0.426 e. The molecule has 0 radical (unpaired) electrons. The third-order valence-corrected chi connectivity index (χ3v) is 2.98. The summed E-state index contributed by atoms with van der Waals surface area (Å²) >= 11 is 0. The van der Waals surface area contributed by atoms with E-state index in [4.69, 9.17) is 0 Å². The molecule has 2 aromatic rings. The van der Waals surface area contributed by atoms with Gasteiger partial charge in [0.1, 0.15) is 0 Å². The van der Waals surface area contributed by atoms with E-state index in [9.17, 15) is 26.3 Å². The van der Waals surface area contributed by atoms with E-state index in [1.54, 1.807) is 18.2 Å². The van der Waals surface area contributed by atoms with Crippen LogP contribution >= 0.6 is 0 Å². The fourth-order valence-corrected chi connectivity index (χ4v) is 1.99. The Morgan fingerprint density at radius 1 is 0.714 bits per heavy atom. The van der Waals surface area contributed by atoms with Gasteiger partial charge in [-0.3, -0.25) is 0 Å². The van der Waals surface area contributed by atoms with Crippen LogP contribution in [0.1, 0.15) is 5.56 Å². The summed E-state index contributed by atoms with van der Waals surface area (Å²) in [5.41, 5.74) is -0.821. The lowest BCUT2D eigenvalue weighted by Crippen LogP contribution is -2.39. The van der Waals surface area contributed by atoms with E-state index in [2.05, 4.69) is 0 Å². The van der Waals surface area contributed by atoms with E-state index in [1.165, 1.54) is 24.3 Å². The molecule has 0 spiro atoms. The van der Waals surface area contributed by atoms with Crippen molar-refractivity contribution < 1.29 is 26.3 Å². The molecule has 0 N–H and O–H groups in total. The van der Waals surface area contributed by atoms with Gasteiger partial charge in [0.15, 0.2) is 0 Å². The molecule has 0 aliphatic heterocycles. The van der Waals surface area contributed by atoms with Gasteiger partial charge in [-0.2, -0.15) is 22.0 Å². The van der Waals surface area contributed by atoms with Crippen LogP contribution in [0.4, 0.5) is 26.3 Å². The summed E-state index contributed by atoms with van der Waals surface area (Å²) in [6.07, 6.45) is -9.89. The van der Waals surface area contributed by atoms with Crippen LogP contribution < -0.4 is 0 Å². The maximum atomic E-state index is 13.9. The lowest BCUT2D eigenvalue weighted by atomic mass is 9.93. The Labute approximate surface area is 117 Å². The average Bonchev–Trinajstić information content (AvgIpc) is 2.46. The number of hydrogen-bond acceptors (Lipinski definition) is 0. The number of benzene rings is 2. The smallest absolute Gasteiger partial charge is 0.230 e. The van der Waals surface area contributed by atoms with Gasteiger partial charge in [-0.05, 0) is 11.1 Å². The van der Waals surface area contributed by atoms with E-state index >= 15 is 0 Å². The zero-order valence-corrected chi connectivity index (χ0v) is 10.5. The van der Waals surface area contributed by atoms with Gasteiger partial charge in [-0.15, -0.1) is 0 Å². The Morgan fingerprint density at radius 2 is 1.24 bits per heavy atom. The van der Waals surface area contributed by atoms with Gasteiger partial charge in [0.05, 0.1) is 0 Å². The van der Waals surface area contributed by atoms with E-state index in [0.717, 1.165) is 12.1 Å². The summed E-state index contributed by atoms with van der Waals surface area (Å²) < 4.78 is 77.9. The Morgan fingerprint density at radius 3 is 1.81 bits per heavy atom. The predicted octanol–water partition coefficient (Wildman–Crippen LogP) is 5.35. The molecular weight excluding hydrogens is 294 g/mol. The van der Waals surface area contributed by atoms with E-state index < -0.39 is 23.8 Å². The number of hydrogen-bond donors (Lipinski definition) is 0. The van der Waals surface area contributed by atoms with Crippen molar-refractivity contribution in [2.45, 2.75) is 18.3 Å². The summed E-state index contributed by atoms with van der Waals surface area (Å²) in [4.78, 5) is 0. The van der Waals surface area contributed by atoms with Crippen molar-refractivity contribution in [1.29, 1.82) is 0 Å². The molecule has 0 aliphatic rings. The molecule has 1 atom stereocenters. The molecule has 0 saturated heterocycles. The minimum atomic E-state index is -5.63. The molecule has 0 heterocycles. The van der Waals surface area contributed by atoms with Gasteiger partial charge in [0.25, 0.3) is 6.17 Å². The van der Waals surface area contributed by atoms with Crippen molar-refractivity contribution in [1.82, 2.24) is 0 Å². The lowest BCUT2D eigenvalue weighted by molar-refractivity contribution is -0.248. The van der Waals surface area contributed by atoms with E-state index in [1.807, 2.05) is 0 Å². The van der Waals surface area contributed by atoms with Crippen molar-refractivity contribution in [2.24, 2.45) is 0 Å². The van der Waals surface area contributed by atoms with Crippen molar-refractivity contribution in [3.63, 3.8) is 0 Å². The maximum absolute atomic E-state index is 13.9. The summed E-state index contributed by atoms with van der Waals surface area (Å²) in [7, 11) is 0. The maximum Gasteiger partial charge on any atom is 0.426 e. The SMILES string of the molecule is FC(C(F)(F)F)C(F)(F)c1ccccc1-c1ccccc1. The first-order valence-corrected chi connectivity index (χ1v) is 5.98. The zero-order valence-electron chi connectivity index (χ0n) is 10.5. The van der Waals surface area contributed by atoms with Crippen LogP contribution in [0, 0.1) is 0 Å². The van der Waals surface area contributed by atoms with E-state index in [0.29, 0.717) is 5.56 Å². The molecule has 0 saturated carbocycles. The first-order chi connectivity index (χ1) is 9.74. The summed E-state index contributed by atoms with van der Waals surface area (Å²) in [5, 5.41) is 0. The second-order valence-electron chi connectivity index (χ2n) is 4.44. The molecule has 21 heavy (non-hydrogen) atoms. The van der Waals surface area contributed by atoms with Crippen LogP contribution in [0.25, 0.3) is 11.1 Å². The quantitative estimate of drug-likeness (QED) is 0.671. The van der Waals surface area contributed by atoms with Crippen molar-refractivity contribution in [3.05, 3.63) is 60.2 Å². The van der Waals surface area contributed by atoms with E-state index in [-0.39, 0.29) is 5.56 Å². The molecular formula is C15H10F6. The van der Waals surface area contributed by atoms with Crippen LogP contribution in [0.5, 0.6) is 0 Å². The molecule has 0 aliphatic carbocycles.